The zero-order valence-corrected chi connectivity index (χ0v) is 13.8. The third kappa shape index (κ3) is 3.31. The molecular weight excluding hydrogens is 312 g/mol. The average molecular weight is 328 g/mol. The fraction of sp³-hybridized carbons (Fsp3) is 0.176. The van der Waals surface area contributed by atoms with Gasteiger partial charge in [-0.3, -0.25) is 4.79 Å². The van der Waals surface area contributed by atoms with Gasteiger partial charge in [0.2, 0.25) is 0 Å². The molecule has 1 aromatic heterocycles. The standard InChI is InChI=1S/C17H16N2OS2/c1-2-21-14-9-5-3-7-12(14)17(20)18-11-16-19-13-8-4-6-10-15(13)22-16/h3-10H,2,11H2,1H3,(H,18,20). The first-order chi connectivity index (χ1) is 10.8. The minimum absolute atomic E-state index is 0.0455. The van der Waals surface area contributed by atoms with Crippen LogP contribution in [0.25, 0.3) is 10.2 Å². The Morgan fingerprint density at radius 3 is 2.77 bits per heavy atom. The second-order valence-electron chi connectivity index (χ2n) is 4.69. The highest BCUT2D eigenvalue weighted by Gasteiger charge is 2.11. The minimum atomic E-state index is -0.0455. The van der Waals surface area contributed by atoms with Crippen LogP contribution in [0.4, 0.5) is 0 Å². The summed E-state index contributed by atoms with van der Waals surface area (Å²) in [4.78, 5) is 17.9. The third-order valence-electron chi connectivity index (χ3n) is 3.17. The van der Waals surface area contributed by atoms with Gasteiger partial charge in [0.1, 0.15) is 5.01 Å². The van der Waals surface area contributed by atoms with Crippen molar-refractivity contribution in [2.24, 2.45) is 0 Å². The number of thiazole rings is 1. The lowest BCUT2D eigenvalue weighted by molar-refractivity contribution is 0.0948. The van der Waals surface area contributed by atoms with Gasteiger partial charge in [-0.25, -0.2) is 4.98 Å². The van der Waals surface area contributed by atoms with Crippen LogP contribution in [-0.4, -0.2) is 16.6 Å². The second kappa shape index (κ2) is 6.94. The van der Waals surface area contributed by atoms with E-state index in [0.717, 1.165) is 31.4 Å². The SMILES string of the molecule is CCSc1ccccc1C(=O)NCc1nc2ccccc2s1. The maximum absolute atomic E-state index is 12.4. The van der Waals surface area contributed by atoms with Crippen molar-refractivity contribution in [3.63, 3.8) is 0 Å². The molecule has 22 heavy (non-hydrogen) atoms. The zero-order chi connectivity index (χ0) is 15.4. The number of amides is 1. The molecule has 0 aliphatic heterocycles. The Morgan fingerprint density at radius 2 is 1.95 bits per heavy atom. The van der Waals surface area contributed by atoms with E-state index in [1.807, 2.05) is 48.5 Å². The van der Waals surface area contributed by atoms with Crippen LogP contribution in [0.15, 0.2) is 53.4 Å². The second-order valence-corrected chi connectivity index (χ2v) is 7.11. The van der Waals surface area contributed by atoms with Crippen LogP contribution in [0.5, 0.6) is 0 Å². The van der Waals surface area contributed by atoms with Crippen molar-refractivity contribution < 1.29 is 4.79 Å². The number of benzene rings is 2. The Balaban J connectivity index is 1.72. The van der Waals surface area contributed by atoms with Gasteiger partial charge in [0.15, 0.2) is 0 Å². The quantitative estimate of drug-likeness (QED) is 0.709. The van der Waals surface area contributed by atoms with E-state index in [2.05, 4.69) is 17.2 Å². The van der Waals surface area contributed by atoms with Crippen molar-refractivity contribution in [3.05, 3.63) is 59.1 Å². The highest BCUT2D eigenvalue weighted by atomic mass is 32.2. The predicted molar refractivity (Wildman–Crippen MR) is 93.6 cm³/mol. The van der Waals surface area contributed by atoms with Gasteiger partial charge in [-0.2, -0.15) is 0 Å². The fourth-order valence-corrected chi connectivity index (χ4v) is 3.89. The van der Waals surface area contributed by atoms with Gasteiger partial charge in [-0.1, -0.05) is 31.2 Å². The number of carbonyl (C=O) groups is 1. The maximum Gasteiger partial charge on any atom is 0.252 e. The smallest absolute Gasteiger partial charge is 0.252 e. The summed E-state index contributed by atoms with van der Waals surface area (Å²) in [7, 11) is 0. The number of fused-ring (bicyclic) bond motifs is 1. The average Bonchev–Trinajstić information content (AvgIpc) is 2.96. The van der Waals surface area contributed by atoms with E-state index >= 15 is 0 Å². The largest absolute Gasteiger partial charge is 0.345 e. The van der Waals surface area contributed by atoms with Crippen molar-refractivity contribution in [3.8, 4) is 0 Å². The molecule has 2 aromatic carbocycles. The highest BCUT2D eigenvalue weighted by Crippen LogP contribution is 2.23. The fourth-order valence-electron chi connectivity index (χ4n) is 2.18. The molecule has 1 heterocycles. The molecule has 1 amide bonds. The molecule has 0 aliphatic rings. The van der Waals surface area contributed by atoms with Crippen molar-refractivity contribution >= 4 is 39.2 Å². The number of nitrogens with one attached hydrogen (secondary N) is 1. The lowest BCUT2D eigenvalue weighted by Gasteiger charge is -2.08. The Morgan fingerprint density at radius 1 is 1.18 bits per heavy atom. The molecule has 0 aliphatic carbocycles. The van der Waals surface area contributed by atoms with E-state index in [-0.39, 0.29) is 5.91 Å². The lowest BCUT2D eigenvalue weighted by Crippen LogP contribution is -2.23. The molecule has 0 unspecified atom stereocenters. The summed E-state index contributed by atoms with van der Waals surface area (Å²) in [5.41, 5.74) is 1.72. The minimum Gasteiger partial charge on any atom is -0.345 e. The van der Waals surface area contributed by atoms with Gasteiger partial charge in [0, 0.05) is 4.90 Å². The summed E-state index contributed by atoms with van der Waals surface area (Å²) in [6.07, 6.45) is 0. The van der Waals surface area contributed by atoms with Gasteiger partial charge in [0.05, 0.1) is 22.3 Å². The molecule has 0 atom stereocenters. The topological polar surface area (TPSA) is 42.0 Å². The summed E-state index contributed by atoms with van der Waals surface area (Å²) in [5, 5.41) is 3.90. The number of carbonyl (C=O) groups excluding carboxylic acids is 1. The van der Waals surface area contributed by atoms with E-state index in [9.17, 15) is 4.79 Å². The number of para-hydroxylation sites is 1. The Bertz CT molecular complexity index is 765. The van der Waals surface area contributed by atoms with Crippen LogP contribution in [0.1, 0.15) is 22.3 Å². The van der Waals surface area contributed by atoms with Gasteiger partial charge >= 0.3 is 0 Å². The summed E-state index contributed by atoms with van der Waals surface area (Å²) < 4.78 is 1.15. The van der Waals surface area contributed by atoms with Crippen molar-refractivity contribution in [1.29, 1.82) is 0 Å². The molecule has 0 bridgehead atoms. The van der Waals surface area contributed by atoms with Gasteiger partial charge in [-0.05, 0) is 30.0 Å². The Kier molecular flexibility index (Phi) is 4.75. The van der Waals surface area contributed by atoms with Crippen LogP contribution in [0, 0.1) is 0 Å². The molecule has 1 N–H and O–H groups in total. The number of thioether (sulfide) groups is 1. The molecule has 0 spiro atoms. The number of rotatable bonds is 5. The number of nitrogens with zero attached hydrogens (tertiary/aromatic N) is 1. The third-order valence-corrected chi connectivity index (χ3v) is 5.16. The first-order valence-electron chi connectivity index (χ1n) is 7.12. The molecule has 3 aromatic rings. The zero-order valence-electron chi connectivity index (χ0n) is 12.2. The molecule has 0 saturated carbocycles. The van der Waals surface area contributed by atoms with Gasteiger partial charge in [0.25, 0.3) is 5.91 Å². The monoisotopic (exact) mass is 328 g/mol. The molecule has 3 nitrogen and oxygen atoms in total. The molecule has 0 fully saturated rings. The van der Waals surface area contributed by atoms with E-state index < -0.39 is 0 Å². The van der Waals surface area contributed by atoms with Crippen LogP contribution in [0.3, 0.4) is 0 Å². The van der Waals surface area contributed by atoms with Crippen LogP contribution in [-0.2, 0) is 6.54 Å². The molecule has 3 rings (SSSR count). The molecule has 112 valence electrons. The van der Waals surface area contributed by atoms with Gasteiger partial charge in [-0.15, -0.1) is 23.1 Å². The summed E-state index contributed by atoms with van der Waals surface area (Å²) in [5.74, 6) is 0.901. The molecule has 0 saturated heterocycles. The summed E-state index contributed by atoms with van der Waals surface area (Å²) >= 11 is 3.30. The first kappa shape index (κ1) is 15.1. The maximum atomic E-state index is 12.4. The number of aromatic nitrogens is 1. The van der Waals surface area contributed by atoms with Crippen molar-refractivity contribution in [2.75, 3.05) is 5.75 Å². The van der Waals surface area contributed by atoms with Crippen LogP contribution >= 0.6 is 23.1 Å². The van der Waals surface area contributed by atoms with Crippen molar-refractivity contribution in [2.45, 2.75) is 18.4 Å². The first-order valence-corrected chi connectivity index (χ1v) is 8.92. The van der Waals surface area contributed by atoms with Crippen LogP contribution in [0.2, 0.25) is 0 Å². The Hall–Kier alpha value is -1.85. The Labute approximate surface area is 137 Å². The predicted octanol–water partition coefficient (Wildman–Crippen LogP) is 4.34. The van der Waals surface area contributed by atoms with E-state index in [0.29, 0.717) is 6.54 Å². The van der Waals surface area contributed by atoms with E-state index in [1.165, 1.54) is 0 Å². The van der Waals surface area contributed by atoms with Gasteiger partial charge < -0.3 is 5.32 Å². The number of hydrogen-bond acceptors (Lipinski definition) is 4. The molecule has 0 radical (unpaired) electrons. The summed E-state index contributed by atoms with van der Waals surface area (Å²) in [6, 6.07) is 15.7. The highest BCUT2D eigenvalue weighted by molar-refractivity contribution is 7.99. The van der Waals surface area contributed by atoms with E-state index in [4.69, 9.17) is 0 Å². The normalized spacial score (nSPS) is 10.8. The molecule has 5 heteroatoms. The van der Waals surface area contributed by atoms with E-state index in [1.54, 1.807) is 23.1 Å². The number of hydrogen-bond donors (Lipinski definition) is 1. The lowest BCUT2D eigenvalue weighted by atomic mass is 10.2. The summed E-state index contributed by atoms with van der Waals surface area (Å²) in [6.45, 7) is 2.55. The molecular formula is C17H16N2OS2. The van der Waals surface area contributed by atoms with Crippen molar-refractivity contribution in [1.82, 2.24) is 10.3 Å². The van der Waals surface area contributed by atoms with Crippen LogP contribution < -0.4 is 5.32 Å².